The molecule has 1 aromatic carbocycles. The lowest BCUT2D eigenvalue weighted by molar-refractivity contribution is 0.420. The van der Waals surface area contributed by atoms with Gasteiger partial charge in [-0.3, -0.25) is 0 Å². The highest BCUT2D eigenvalue weighted by Gasteiger charge is 2.15. The van der Waals surface area contributed by atoms with Crippen LogP contribution in [0.15, 0.2) is 24.4 Å². The third kappa shape index (κ3) is 3.22. The van der Waals surface area contributed by atoms with E-state index < -0.39 is 11.6 Å². The summed E-state index contributed by atoms with van der Waals surface area (Å²) >= 11 is 0. The van der Waals surface area contributed by atoms with E-state index in [0.29, 0.717) is 12.1 Å². The van der Waals surface area contributed by atoms with Gasteiger partial charge >= 0.3 is 0 Å². The number of nitrogens with one attached hydrogen (secondary N) is 1. The summed E-state index contributed by atoms with van der Waals surface area (Å²) in [7, 11) is 0. The van der Waals surface area contributed by atoms with Crippen molar-refractivity contribution >= 4 is 0 Å². The Morgan fingerprint density at radius 1 is 1.20 bits per heavy atom. The number of halogens is 2. The minimum Gasteiger partial charge on any atom is -0.306 e. The molecule has 0 aliphatic rings. The molecule has 2 rings (SSSR count). The molecular formula is C15H19F2N3. The van der Waals surface area contributed by atoms with Gasteiger partial charge in [0.2, 0.25) is 0 Å². The summed E-state index contributed by atoms with van der Waals surface area (Å²) in [5, 5.41) is 7.50. The van der Waals surface area contributed by atoms with Crippen LogP contribution in [0.4, 0.5) is 8.78 Å². The summed E-state index contributed by atoms with van der Waals surface area (Å²) in [6, 6.07) is 4.42. The number of benzene rings is 1. The van der Waals surface area contributed by atoms with Crippen LogP contribution < -0.4 is 5.32 Å². The molecule has 0 saturated carbocycles. The molecule has 1 heterocycles. The Morgan fingerprint density at radius 2 is 1.90 bits per heavy atom. The lowest BCUT2D eigenvalue weighted by Gasteiger charge is -2.19. The zero-order chi connectivity index (χ0) is 14.9. The standard InChI is InChI=1S/C15H19F2N3/c1-10-5-6-12(16)14(13(10)17)20-8-7-11(19-20)9-18-15(2,3)4/h5-8,18H,9H2,1-4H3. The summed E-state index contributed by atoms with van der Waals surface area (Å²) in [6.07, 6.45) is 1.57. The smallest absolute Gasteiger partial charge is 0.154 e. The average Bonchev–Trinajstić information content (AvgIpc) is 2.80. The van der Waals surface area contributed by atoms with Crippen molar-refractivity contribution in [1.29, 1.82) is 0 Å². The number of rotatable bonds is 3. The van der Waals surface area contributed by atoms with Crippen LogP contribution >= 0.6 is 0 Å². The second kappa shape index (κ2) is 5.32. The monoisotopic (exact) mass is 279 g/mol. The highest BCUT2D eigenvalue weighted by atomic mass is 19.1. The van der Waals surface area contributed by atoms with Gasteiger partial charge in [-0.15, -0.1) is 0 Å². The molecule has 0 atom stereocenters. The van der Waals surface area contributed by atoms with Crippen molar-refractivity contribution in [3.8, 4) is 5.69 Å². The van der Waals surface area contributed by atoms with E-state index in [2.05, 4.69) is 10.4 Å². The molecule has 20 heavy (non-hydrogen) atoms. The van der Waals surface area contributed by atoms with Crippen molar-refractivity contribution in [2.75, 3.05) is 0 Å². The SMILES string of the molecule is Cc1ccc(F)c(-n2ccc(CNC(C)(C)C)n2)c1F. The van der Waals surface area contributed by atoms with Crippen molar-refractivity contribution < 1.29 is 8.78 Å². The summed E-state index contributed by atoms with van der Waals surface area (Å²) in [4.78, 5) is 0. The van der Waals surface area contributed by atoms with E-state index in [1.54, 1.807) is 19.2 Å². The molecule has 0 fully saturated rings. The predicted octanol–water partition coefficient (Wildman–Crippen LogP) is 3.35. The van der Waals surface area contributed by atoms with Gasteiger partial charge in [-0.05, 0) is 45.4 Å². The average molecular weight is 279 g/mol. The zero-order valence-electron chi connectivity index (χ0n) is 12.2. The second-order valence-electron chi connectivity index (χ2n) is 5.88. The lowest BCUT2D eigenvalue weighted by atomic mass is 10.1. The molecule has 0 spiro atoms. The van der Waals surface area contributed by atoms with E-state index in [1.807, 2.05) is 20.8 Å². The van der Waals surface area contributed by atoms with Crippen molar-refractivity contribution in [2.24, 2.45) is 0 Å². The van der Waals surface area contributed by atoms with Crippen molar-refractivity contribution in [3.05, 3.63) is 47.3 Å². The van der Waals surface area contributed by atoms with Crippen LogP contribution in [0.3, 0.4) is 0 Å². The van der Waals surface area contributed by atoms with Gasteiger partial charge in [0.05, 0.1) is 5.69 Å². The summed E-state index contributed by atoms with van der Waals surface area (Å²) in [6.45, 7) is 8.28. The first kappa shape index (κ1) is 14.7. The van der Waals surface area contributed by atoms with Gasteiger partial charge in [0, 0.05) is 18.3 Å². The third-order valence-corrected chi connectivity index (χ3v) is 2.93. The molecule has 2 aromatic rings. The van der Waals surface area contributed by atoms with Crippen molar-refractivity contribution in [2.45, 2.75) is 39.8 Å². The molecule has 0 aliphatic carbocycles. The summed E-state index contributed by atoms with van der Waals surface area (Å²) < 4.78 is 29.0. The Morgan fingerprint density at radius 3 is 2.55 bits per heavy atom. The molecule has 3 nitrogen and oxygen atoms in total. The van der Waals surface area contributed by atoms with Gasteiger partial charge in [-0.1, -0.05) is 6.07 Å². The van der Waals surface area contributed by atoms with E-state index in [-0.39, 0.29) is 11.2 Å². The number of hydrogen-bond acceptors (Lipinski definition) is 2. The zero-order valence-corrected chi connectivity index (χ0v) is 12.2. The minimum absolute atomic E-state index is 0.0381. The largest absolute Gasteiger partial charge is 0.306 e. The maximum atomic E-state index is 14.0. The Bertz CT molecular complexity index is 612. The Balaban J connectivity index is 2.28. The molecular weight excluding hydrogens is 260 g/mol. The van der Waals surface area contributed by atoms with Gasteiger partial charge in [0.1, 0.15) is 5.69 Å². The number of hydrogen-bond donors (Lipinski definition) is 1. The maximum Gasteiger partial charge on any atom is 0.154 e. The molecule has 0 aliphatic heterocycles. The minimum atomic E-state index is -0.619. The topological polar surface area (TPSA) is 29.9 Å². The molecule has 0 bridgehead atoms. The fourth-order valence-electron chi connectivity index (χ4n) is 1.79. The van der Waals surface area contributed by atoms with Crippen LogP contribution in [0.5, 0.6) is 0 Å². The van der Waals surface area contributed by atoms with Crippen LogP contribution in [0.25, 0.3) is 5.69 Å². The molecule has 108 valence electrons. The molecule has 0 amide bonds. The van der Waals surface area contributed by atoms with Gasteiger partial charge in [-0.2, -0.15) is 5.10 Å². The van der Waals surface area contributed by atoms with Gasteiger partial charge in [0.15, 0.2) is 11.6 Å². The second-order valence-corrected chi connectivity index (χ2v) is 5.88. The number of nitrogens with zero attached hydrogens (tertiary/aromatic N) is 2. The van der Waals surface area contributed by atoms with Crippen LogP contribution in [-0.2, 0) is 6.54 Å². The lowest BCUT2D eigenvalue weighted by Crippen LogP contribution is -2.35. The predicted molar refractivity (Wildman–Crippen MR) is 74.8 cm³/mol. The van der Waals surface area contributed by atoms with Crippen LogP contribution in [0.2, 0.25) is 0 Å². The van der Waals surface area contributed by atoms with Gasteiger partial charge < -0.3 is 5.32 Å². The van der Waals surface area contributed by atoms with E-state index in [4.69, 9.17) is 0 Å². The molecule has 0 radical (unpaired) electrons. The molecule has 5 heteroatoms. The molecule has 0 unspecified atom stereocenters. The normalized spacial score (nSPS) is 11.9. The highest BCUT2D eigenvalue weighted by molar-refractivity contribution is 5.38. The van der Waals surface area contributed by atoms with Crippen LogP contribution in [-0.4, -0.2) is 15.3 Å². The maximum absolute atomic E-state index is 14.0. The van der Waals surface area contributed by atoms with Crippen LogP contribution in [0, 0.1) is 18.6 Å². The third-order valence-electron chi connectivity index (χ3n) is 2.93. The summed E-state index contributed by atoms with van der Waals surface area (Å²) in [5.41, 5.74) is 0.961. The van der Waals surface area contributed by atoms with Crippen molar-refractivity contribution in [1.82, 2.24) is 15.1 Å². The van der Waals surface area contributed by atoms with Gasteiger partial charge in [0.25, 0.3) is 0 Å². The first-order valence-corrected chi connectivity index (χ1v) is 6.52. The first-order chi connectivity index (χ1) is 9.28. The first-order valence-electron chi connectivity index (χ1n) is 6.52. The van der Waals surface area contributed by atoms with Gasteiger partial charge in [-0.25, -0.2) is 13.5 Å². The molecule has 1 N–H and O–H groups in total. The Kier molecular flexibility index (Phi) is 3.90. The summed E-state index contributed by atoms with van der Waals surface area (Å²) in [5.74, 6) is -1.20. The van der Waals surface area contributed by atoms with E-state index >= 15 is 0 Å². The van der Waals surface area contributed by atoms with E-state index in [9.17, 15) is 8.78 Å². The fourth-order valence-corrected chi connectivity index (χ4v) is 1.79. The number of aryl methyl sites for hydroxylation is 1. The quantitative estimate of drug-likeness (QED) is 0.933. The van der Waals surface area contributed by atoms with E-state index in [1.165, 1.54) is 16.8 Å². The van der Waals surface area contributed by atoms with E-state index in [0.717, 1.165) is 5.69 Å². The number of aromatic nitrogens is 2. The van der Waals surface area contributed by atoms with Crippen LogP contribution in [0.1, 0.15) is 32.0 Å². The highest BCUT2D eigenvalue weighted by Crippen LogP contribution is 2.20. The molecule has 1 aromatic heterocycles. The Labute approximate surface area is 117 Å². The Hall–Kier alpha value is -1.75. The molecule has 0 saturated heterocycles. The fraction of sp³-hybridized carbons (Fsp3) is 0.400. The van der Waals surface area contributed by atoms with Crippen molar-refractivity contribution in [3.63, 3.8) is 0 Å².